The molecule has 2 aromatic carbocycles. The van der Waals surface area contributed by atoms with Crippen LogP contribution in [0.1, 0.15) is 44.2 Å². The van der Waals surface area contributed by atoms with Gasteiger partial charge in [0.25, 0.3) is 15.6 Å². The van der Waals surface area contributed by atoms with Gasteiger partial charge < -0.3 is 15.2 Å². The number of hydrogen-bond donors (Lipinski definition) is 2. The first-order valence-electron chi connectivity index (χ1n) is 12.5. The highest BCUT2D eigenvalue weighted by Gasteiger charge is 2.71. The van der Waals surface area contributed by atoms with Crippen molar-refractivity contribution in [3.05, 3.63) is 59.4 Å². The molecular weight excluding hydrogens is 601 g/mol. The predicted molar refractivity (Wildman–Crippen MR) is 132 cm³/mol. The first-order chi connectivity index (χ1) is 19.2. The smallest absolute Gasteiger partial charge is 0.430 e. The fourth-order valence-corrected chi connectivity index (χ4v) is 6.81. The van der Waals surface area contributed by atoms with E-state index in [0.717, 1.165) is 24.3 Å². The number of cyclic esters (lactones) is 1. The van der Waals surface area contributed by atoms with Crippen LogP contribution < -0.4 is 9.62 Å². The van der Waals surface area contributed by atoms with E-state index >= 15 is 0 Å². The summed E-state index contributed by atoms with van der Waals surface area (Å²) in [6, 6.07) is 3.04. The quantitative estimate of drug-likeness (QED) is 0.367. The molecule has 2 heterocycles. The second-order valence-electron chi connectivity index (χ2n) is 10.6. The maximum Gasteiger partial charge on any atom is 0.430 e. The van der Waals surface area contributed by atoms with Gasteiger partial charge in [-0.2, -0.15) is 26.3 Å². The molecule has 230 valence electrons. The Kier molecular flexibility index (Phi) is 7.81. The summed E-state index contributed by atoms with van der Waals surface area (Å²) >= 11 is 0. The fourth-order valence-electron chi connectivity index (χ4n) is 5.09. The summed E-state index contributed by atoms with van der Waals surface area (Å²) in [6.07, 6.45) is -13.4. The molecule has 0 spiro atoms. The van der Waals surface area contributed by atoms with Crippen LogP contribution in [0.4, 0.5) is 36.4 Å². The van der Waals surface area contributed by atoms with Gasteiger partial charge in [-0.1, -0.05) is 12.1 Å². The molecule has 0 bridgehead atoms. The summed E-state index contributed by atoms with van der Waals surface area (Å²) in [5.74, 6) is -2.03. The van der Waals surface area contributed by atoms with Gasteiger partial charge in [-0.3, -0.25) is 13.9 Å². The van der Waals surface area contributed by atoms with E-state index < -0.39 is 80.2 Å². The number of carbonyl (C=O) groups is 2. The maximum absolute atomic E-state index is 13.7. The number of nitrogens with one attached hydrogen (secondary N) is 1. The molecule has 2 aliphatic rings. The van der Waals surface area contributed by atoms with E-state index in [2.05, 4.69) is 5.32 Å². The number of anilines is 1. The number of fused-ring (bicyclic) bond motifs is 1. The number of esters is 1. The number of aliphatic hydroxyl groups is 1. The number of rotatable bonds is 6. The predicted octanol–water partition coefficient (Wildman–Crippen LogP) is 4.25. The van der Waals surface area contributed by atoms with Crippen molar-refractivity contribution in [2.75, 3.05) is 4.31 Å². The third kappa shape index (κ3) is 5.53. The van der Waals surface area contributed by atoms with Crippen molar-refractivity contribution >= 4 is 27.6 Å². The molecule has 2 unspecified atom stereocenters. The van der Waals surface area contributed by atoms with E-state index in [-0.39, 0.29) is 30.5 Å². The van der Waals surface area contributed by atoms with Crippen molar-refractivity contribution in [2.45, 2.75) is 80.1 Å². The molecule has 0 aliphatic carbocycles. The molecule has 1 amide bonds. The second-order valence-corrected chi connectivity index (χ2v) is 12.4. The van der Waals surface area contributed by atoms with Crippen molar-refractivity contribution in [2.24, 2.45) is 0 Å². The third-order valence-corrected chi connectivity index (χ3v) is 9.23. The van der Waals surface area contributed by atoms with Crippen LogP contribution in [-0.4, -0.2) is 55.4 Å². The molecule has 1 fully saturated rings. The van der Waals surface area contributed by atoms with Crippen LogP contribution in [0.2, 0.25) is 0 Å². The molecule has 2 aromatic rings. The number of sulfonamides is 1. The zero-order valence-corrected chi connectivity index (χ0v) is 22.8. The minimum atomic E-state index is -6.16. The lowest BCUT2D eigenvalue weighted by atomic mass is 9.87. The summed E-state index contributed by atoms with van der Waals surface area (Å²) in [4.78, 5) is 24.3. The minimum absolute atomic E-state index is 0.145. The molecule has 2 aliphatic heterocycles. The Morgan fingerprint density at radius 3 is 2.19 bits per heavy atom. The van der Waals surface area contributed by atoms with Gasteiger partial charge >= 0.3 is 18.3 Å². The van der Waals surface area contributed by atoms with E-state index in [9.17, 15) is 53.8 Å². The average molecular weight is 627 g/mol. The number of nitrogens with zero attached hydrogens (tertiary/aromatic N) is 1. The van der Waals surface area contributed by atoms with Crippen LogP contribution in [0.25, 0.3) is 0 Å². The van der Waals surface area contributed by atoms with Gasteiger partial charge in [0.2, 0.25) is 5.91 Å². The summed E-state index contributed by atoms with van der Waals surface area (Å²) < 4.78 is 128. The van der Waals surface area contributed by atoms with Crippen molar-refractivity contribution in [3.63, 3.8) is 0 Å². The zero-order chi connectivity index (χ0) is 31.5. The molecule has 0 radical (unpaired) electrons. The van der Waals surface area contributed by atoms with Gasteiger partial charge in [0.15, 0.2) is 0 Å². The number of aryl methyl sites for hydroxylation is 1. The van der Waals surface area contributed by atoms with Gasteiger partial charge in [0.1, 0.15) is 11.4 Å². The minimum Gasteiger partial charge on any atom is -0.457 e. The highest BCUT2D eigenvalue weighted by atomic mass is 32.2. The number of amides is 1. The largest absolute Gasteiger partial charge is 0.457 e. The van der Waals surface area contributed by atoms with Crippen LogP contribution in [0, 0.1) is 5.82 Å². The van der Waals surface area contributed by atoms with Crippen molar-refractivity contribution in [1.82, 2.24) is 5.32 Å². The number of benzene rings is 2. The van der Waals surface area contributed by atoms with Gasteiger partial charge in [-0.25, -0.2) is 12.8 Å². The Hall–Kier alpha value is -3.40. The van der Waals surface area contributed by atoms with E-state index in [0.29, 0.717) is 22.5 Å². The molecule has 0 saturated carbocycles. The van der Waals surface area contributed by atoms with E-state index in [4.69, 9.17) is 4.74 Å². The first-order valence-corrected chi connectivity index (χ1v) is 13.9. The van der Waals surface area contributed by atoms with E-state index in [1.165, 1.54) is 0 Å². The van der Waals surface area contributed by atoms with Gasteiger partial charge in [0, 0.05) is 12.0 Å². The van der Waals surface area contributed by atoms with Crippen LogP contribution in [0.3, 0.4) is 0 Å². The van der Waals surface area contributed by atoms with E-state index in [1.54, 1.807) is 13.8 Å². The molecule has 42 heavy (non-hydrogen) atoms. The van der Waals surface area contributed by atoms with Crippen molar-refractivity contribution < 1.29 is 58.6 Å². The zero-order valence-electron chi connectivity index (χ0n) is 22.0. The monoisotopic (exact) mass is 626 g/mol. The van der Waals surface area contributed by atoms with Gasteiger partial charge in [-0.15, -0.1) is 0 Å². The fraction of sp³-hybridized carbons (Fsp3) is 0.462. The summed E-state index contributed by atoms with van der Waals surface area (Å²) in [5, 5.41) is 12.5. The molecule has 4 rings (SSSR count). The van der Waals surface area contributed by atoms with Gasteiger partial charge in [-0.05, 0) is 62.6 Å². The highest BCUT2D eigenvalue weighted by Crippen LogP contribution is 2.51. The van der Waals surface area contributed by atoms with Gasteiger partial charge in [0.05, 0.1) is 29.1 Å². The Labute approximate surface area is 235 Å². The molecule has 2 N–H and O–H groups in total. The summed E-state index contributed by atoms with van der Waals surface area (Å²) in [6.45, 7) is 3.12. The number of alkyl halides is 6. The third-order valence-electron chi connectivity index (χ3n) is 7.35. The standard InChI is InChI=1S/C26H25F7N2O6S/c1-23(2)20(13-22(37)41-23)34-21(36)12-17-7-3-14-11-15(24(38,25(28,29)30)26(31,32)33)4-10-19(14)35(17)42(39,40)18-8-5-16(27)6-9-18/h4-6,8-11,17,20,38H,3,7,12-13H2,1-2H3,(H,34,36). The lowest BCUT2D eigenvalue weighted by molar-refractivity contribution is -0.376. The topological polar surface area (TPSA) is 113 Å². The lowest BCUT2D eigenvalue weighted by Crippen LogP contribution is -2.54. The molecule has 16 heteroatoms. The second kappa shape index (κ2) is 10.4. The summed E-state index contributed by atoms with van der Waals surface area (Å²) in [5.41, 5.74) is -8.45. The number of halogens is 7. The van der Waals surface area contributed by atoms with Crippen LogP contribution in [0.5, 0.6) is 0 Å². The Morgan fingerprint density at radius 2 is 1.67 bits per heavy atom. The average Bonchev–Trinajstić information content (AvgIpc) is 3.11. The molecule has 2 atom stereocenters. The van der Waals surface area contributed by atoms with E-state index in [1.807, 2.05) is 0 Å². The Balaban J connectivity index is 1.76. The lowest BCUT2D eigenvalue weighted by Gasteiger charge is -2.39. The van der Waals surface area contributed by atoms with Crippen LogP contribution in [-0.2, 0) is 36.4 Å². The Bertz CT molecular complexity index is 1480. The van der Waals surface area contributed by atoms with Crippen LogP contribution in [0.15, 0.2) is 47.4 Å². The number of ether oxygens (including phenoxy) is 1. The number of carbonyl (C=O) groups excluding carboxylic acids is 2. The summed E-state index contributed by atoms with van der Waals surface area (Å²) in [7, 11) is -4.65. The maximum atomic E-state index is 13.7. The SMILES string of the molecule is CC1(C)OC(=O)CC1NC(=O)CC1CCc2cc(C(O)(C(F)(F)F)C(F)(F)F)ccc2N1S(=O)(=O)c1ccc(F)cc1. The normalized spacial score (nSPS) is 21.1. The highest BCUT2D eigenvalue weighted by molar-refractivity contribution is 7.92. The van der Waals surface area contributed by atoms with Crippen molar-refractivity contribution in [3.8, 4) is 0 Å². The number of hydrogen-bond acceptors (Lipinski definition) is 6. The molecule has 1 saturated heterocycles. The molecule has 0 aromatic heterocycles. The van der Waals surface area contributed by atoms with Crippen molar-refractivity contribution in [1.29, 1.82) is 0 Å². The molecule has 8 nitrogen and oxygen atoms in total. The Morgan fingerprint density at radius 1 is 1.07 bits per heavy atom. The van der Waals surface area contributed by atoms with Crippen LogP contribution >= 0.6 is 0 Å². The molecular formula is C26H25F7N2O6S. The first kappa shape index (κ1) is 31.5.